The molecule has 3 N–H and O–H groups in total. The molecule has 0 saturated heterocycles. The quantitative estimate of drug-likeness (QED) is 0.523. The van der Waals surface area contributed by atoms with Gasteiger partial charge in [0, 0.05) is 39.7 Å². The second-order valence-corrected chi connectivity index (χ2v) is 9.47. The molecular weight excluding hydrogens is 380 g/mol. The fourth-order valence-electron chi connectivity index (χ4n) is 4.10. The van der Waals surface area contributed by atoms with E-state index in [-0.39, 0.29) is 32.6 Å². The molecule has 2 aliphatic rings. The summed E-state index contributed by atoms with van der Waals surface area (Å²) >= 11 is 0. The van der Waals surface area contributed by atoms with Crippen LogP contribution in [0, 0.1) is 17.8 Å². The monoisotopic (exact) mass is 428 g/mol. The van der Waals surface area contributed by atoms with Crippen LogP contribution in [-0.4, -0.2) is 36.4 Å². The Morgan fingerprint density at radius 3 is 2.03 bits per heavy atom. The van der Waals surface area contributed by atoms with Crippen LogP contribution in [0.3, 0.4) is 0 Å². The molecular formula is C24H48N2O4. The van der Waals surface area contributed by atoms with Crippen molar-refractivity contribution >= 4 is 17.6 Å². The Morgan fingerprint density at radius 1 is 0.933 bits per heavy atom. The van der Waals surface area contributed by atoms with Crippen LogP contribution in [-0.2, 0) is 19.1 Å². The highest BCUT2D eigenvalue weighted by Gasteiger charge is 2.24. The minimum atomic E-state index is -0.274. The molecule has 0 atom stereocenters. The fraction of sp³-hybridized carbons (Fsp3) is 0.875. The number of nitrogens with two attached hydrogens (primary N) is 1. The predicted octanol–water partition coefficient (Wildman–Crippen LogP) is 4.64. The van der Waals surface area contributed by atoms with Crippen molar-refractivity contribution in [3.05, 3.63) is 0 Å². The lowest BCUT2D eigenvalue weighted by Crippen LogP contribution is -2.40. The maximum atomic E-state index is 11.6. The molecule has 2 amide bonds. The number of amides is 2. The number of nitrogens with one attached hydrogen (secondary N) is 1. The Balaban J connectivity index is 0. The van der Waals surface area contributed by atoms with Crippen molar-refractivity contribution in [3.8, 4) is 0 Å². The molecule has 2 aliphatic carbocycles. The lowest BCUT2D eigenvalue weighted by Gasteiger charge is -2.29. The molecule has 0 heterocycles. The van der Waals surface area contributed by atoms with Crippen molar-refractivity contribution < 1.29 is 22.0 Å². The van der Waals surface area contributed by atoms with Gasteiger partial charge < -0.3 is 15.8 Å². The zero-order valence-corrected chi connectivity index (χ0v) is 19.6. The van der Waals surface area contributed by atoms with Crippen molar-refractivity contribution in [1.29, 1.82) is 0 Å². The number of rotatable bonds is 9. The standard InChI is InChI=1S/C14H26N2O3.C10H18O.2H2/c1-10(2)14(18)16-11-5-7-12(8-6-11)19-9-3-4-13(15)17;1-8(2)10(11)9-6-4-3-5-7-9;;/h10-12H,3-9H2,1-2H3,(H2,15,17)(H,16,18);8-9H,3-7H2,1-2H3;2*1H. The van der Waals surface area contributed by atoms with Gasteiger partial charge in [-0.15, -0.1) is 0 Å². The summed E-state index contributed by atoms with van der Waals surface area (Å²) in [5.41, 5.74) is 5.07. The van der Waals surface area contributed by atoms with Crippen molar-refractivity contribution in [2.75, 3.05) is 6.61 Å². The topological polar surface area (TPSA) is 98.5 Å². The van der Waals surface area contributed by atoms with Crippen LogP contribution in [0.4, 0.5) is 0 Å². The summed E-state index contributed by atoms with van der Waals surface area (Å²) in [4.78, 5) is 33.7. The molecule has 2 rings (SSSR count). The van der Waals surface area contributed by atoms with Crippen molar-refractivity contribution in [3.63, 3.8) is 0 Å². The first-order valence-corrected chi connectivity index (χ1v) is 11.9. The number of ketones is 1. The third-order valence-electron chi connectivity index (χ3n) is 6.04. The minimum Gasteiger partial charge on any atom is -0.378 e. The van der Waals surface area contributed by atoms with E-state index in [1.165, 1.54) is 19.3 Å². The number of ether oxygens (including phenoxy) is 1. The number of hydrogen-bond acceptors (Lipinski definition) is 4. The summed E-state index contributed by atoms with van der Waals surface area (Å²) in [6.07, 6.45) is 11.4. The third kappa shape index (κ3) is 11.1. The van der Waals surface area contributed by atoms with Crippen LogP contribution >= 0.6 is 0 Å². The normalized spacial score (nSPS) is 22.3. The summed E-state index contributed by atoms with van der Waals surface area (Å²) in [6.45, 7) is 8.43. The Bertz CT molecular complexity index is 530. The average Bonchev–Trinajstić information content (AvgIpc) is 2.72. The van der Waals surface area contributed by atoms with Gasteiger partial charge in [-0.05, 0) is 44.9 Å². The number of Topliss-reactive ketones (excluding diaryl/α,β-unsaturated/α-hetero) is 1. The summed E-state index contributed by atoms with van der Waals surface area (Å²) in [6, 6.07) is 0.292. The van der Waals surface area contributed by atoms with Crippen LogP contribution in [0.5, 0.6) is 0 Å². The molecule has 0 spiro atoms. The molecule has 0 aliphatic heterocycles. The van der Waals surface area contributed by atoms with Gasteiger partial charge in [0.25, 0.3) is 0 Å². The molecule has 2 fully saturated rings. The van der Waals surface area contributed by atoms with Gasteiger partial charge in [0.15, 0.2) is 0 Å². The lowest BCUT2D eigenvalue weighted by molar-refractivity contribution is -0.127. The summed E-state index contributed by atoms with van der Waals surface area (Å²) < 4.78 is 5.71. The van der Waals surface area contributed by atoms with Gasteiger partial charge in [-0.2, -0.15) is 0 Å². The van der Waals surface area contributed by atoms with Gasteiger partial charge in [0.1, 0.15) is 5.78 Å². The summed E-state index contributed by atoms with van der Waals surface area (Å²) in [5.74, 6) is 1.05. The van der Waals surface area contributed by atoms with Gasteiger partial charge in [-0.1, -0.05) is 47.0 Å². The van der Waals surface area contributed by atoms with E-state index < -0.39 is 0 Å². The summed E-state index contributed by atoms with van der Waals surface area (Å²) in [5, 5.41) is 3.07. The van der Waals surface area contributed by atoms with E-state index in [0.717, 1.165) is 38.5 Å². The van der Waals surface area contributed by atoms with Crippen molar-refractivity contribution in [1.82, 2.24) is 5.32 Å². The SMILES string of the molecule is CC(C)C(=O)C1CCCCC1.CC(C)C(=O)NC1CCC(OCCCC(N)=O)CC1.[HH].[HH]. The Morgan fingerprint density at radius 2 is 1.53 bits per heavy atom. The maximum absolute atomic E-state index is 11.6. The molecule has 0 bridgehead atoms. The maximum Gasteiger partial charge on any atom is 0.222 e. The molecule has 6 heteroatoms. The molecule has 0 aromatic carbocycles. The number of primary amides is 1. The predicted molar refractivity (Wildman–Crippen MR) is 124 cm³/mol. The largest absolute Gasteiger partial charge is 0.378 e. The van der Waals surface area contributed by atoms with Crippen LogP contribution in [0.25, 0.3) is 0 Å². The first kappa shape index (κ1) is 26.6. The second-order valence-electron chi connectivity index (χ2n) is 9.47. The van der Waals surface area contributed by atoms with E-state index >= 15 is 0 Å². The minimum absolute atomic E-state index is 0. The first-order chi connectivity index (χ1) is 14.2. The van der Waals surface area contributed by atoms with E-state index in [0.29, 0.717) is 37.2 Å². The highest BCUT2D eigenvalue weighted by Crippen LogP contribution is 2.26. The van der Waals surface area contributed by atoms with Gasteiger partial charge in [-0.3, -0.25) is 14.4 Å². The van der Waals surface area contributed by atoms with Crippen molar-refractivity contribution in [2.45, 2.75) is 110 Å². The van der Waals surface area contributed by atoms with Gasteiger partial charge >= 0.3 is 0 Å². The molecule has 2 saturated carbocycles. The highest BCUT2D eigenvalue weighted by atomic mass is 16.5. The van der Waals surface area contributed by atoms with Crippen LogP contribution in [0.15, 0.2) is 0 Å². The van der Waals surface area contributed by atoms with Gasteiger partial charge in [0.2, 0.25) is 11.8 Å². The molecule has 0 aromatic rings. The number of hydrogen-bond donors (Lipinski definition) is 2. The highest BCUT2D eigenvalue weighted by molar-refractivity contribution is 5.82. The lowest BCUT2D eigenvalue weighted by atomic mass is 9.83. The average molecular weight is 429 g/mol. The zero-order chi connectivity index (χ0) is 22.5. The van der Waals surface area contributed by atoms with Crippen LogP contribution in [0.2, 0.25) is 0 Å². The van der Waals surface area contributed by atoms with E-state index in [2.05, 4.69) is 5.32 Å². The first-order valence-electron chi connectivity index (χ1n) is 11.9. The van der Waals surface area contributed by atoms with Crippen LogP contribution < -0.4 is 11.1 Å². The van der Waals surface area contributed by atoms with Crippen molar-refractivity contribution in [2.24, 2.45) is 23.5 Å². The molecule has 0 unspecified atom stereocenters. The zero-order valence-electron chi connectivity index (χ0n) is 19.6. The molecule has 0 radical (unpaired) electrons. The van der Waals surface area contributed by atoms with E-state index in [1.54, 1.807) is 0 Å². The summed E-state index contributed by atoms with van der Waals surface area (Å²) in [7, 11) is 0. The smallest absolute Gasteiger partial charge is 0.222 e. The Labute approximate surface area is 186 Å². The fourth-order valence-corrected chi connectivity index (χ4v) is 4.10. The second kappa shape index (κ2) is 14.6. The van der Waals surface area contributed by atoms with Gasteiger partial charge in [-0.25, -0.2) is 0 Å². The van der Waals surface area contributed by atoms with Crippen LogP contribution in [0.1, 0.15) is 101 Å². The van der Waals surface area contributed by atoms with E-state index in [1.807, 2.05) is 27.7 Å². The Kier molecular flexibility index (Phi) is 12.9. The third-order valence-corrected chi connectivity index (χ3v) is 6.04. The van der Waals surface area contributed by atoms with Gasteiger partial charge in [0.05, 0.1) is 6.10 Å². The van der Waals surface area contributed by atoms with E-state index in [4.69, 9.17) is 10.5 Å². The van der Waals surface area contributed by atoms with E-state index in [9.17, 15) is 14.4 Å². The Hall–Kier alpha value is -1.43. The molecule has 0 aromatic heterocycles. The molecule has 6 nitrogen and oxygen atoms in total. The molecule has 178 valence electrons. The number of carbonyl (C=O) groups is 3. The number of carbonyl (C=O) groups excluding carboxylic acids is 3. The molecule has 30 heavy (non-hydrogen) atoms.